The molecule has 0 aromatic rings. The van der Waals surface area contributed by atoms with E-state index in [1.165, 1.54) is 19.3 Å². The van der Waals surface area contributed by atoms with Crippen molar-refractivity contribution in [2.45, 2.75) is 101 Å². The van der Waals surface area contributed by atoms with Gasteiger partial charge >= 0.3 is 6.09 Å². The van der Waals surface area contributed by atoms with Crippen LogP contribution < -0.4 is 0 Å². The molecule has 2 amide bonds. The molecule has 1 aliphatic carbocycles. The number of amides is 2. The van der Waals surface area contributed by atoms with Crippen LogP contribution in [-0.4, -0.2) is 95.3 Å². The maximum absolute atomic E-state index is 13.0. The molecule has 0 N–H and O–H groups in total. The Morgan fingerprint density at radius 2 is 1.45 bits per heavy atom. The molecule has 0 bridgehead atoms. The van der Waals surface area contributed by atoms with Gasteiger partial charge in [-0.05, 0) is 75.9 Å². The van der Waals surface area contributed by atoms with Crippen LogP contribution in [0.15, 0.2) is 0 Å². The zero-order valence-electron chi connectivity index (χ0n) is 22.2. The monoisotopic (exact) mass is 456 g/mol. The van der Waals surface area contributed by atoms with Crippen molar-refractivity contribution >= 4 is 43.4 Å². The average molecular weight is 456 g/mol. The van der Waals surface area contributed by atoms with Crippen LogP contribution >= 0.6 is 0 Å². The Hall–Kier alpha value is -1.04. The van der Waals surface area contributed by atoms with Crippen molar-refractivity contribution in [3.8, 4) is 0 Å². The maximum Gasteiger partial charge on any atom is 0.408 e. The summed E-state index contributed by atoms with van der Waals surface area (Å²) in [5.74, 6) is 1.17. The molecule has 0 aromatic heterocycles. The lowest BCUT2D eigenvalue weighted by Crippen LogP contribution is -2.70. The molecule has 3 rings (SSSR count). The van der Waals surface area contributed by atoms with E-state index in [-0.39, 0.29) is 28.8 Å². The van der Waals surface area contributed by atoms with E-state index < -0.39 is 5.60 Å². The van der Waals surface area contributed by atoms with Crippen LogP contribution in [0.3, 0.4) is 0 Å². The number of ether oxygens (including phenoxy) is 2. The van der Waals surface area contributed by atoms with E-state index in [9.17, 15) is 9.59 Å². The molecule has 3 fully saturated rings. The predicted octanol–water partition coefficient (Wildman–Crippen LogP) is 0.0614. The average Bonchev–Trinajstić information content (AvgIpc) is 2.69. The molecule has 0 spiro atoms. The fraction of sp³-hybridized carbons (Fsp3) is 0.913. The predicted molar refractivity (Wildman–Crippen MR) is 143 cm³/mol. The van der Waals surface area contributed by atoms with Crippen molar-refractivity contribution in [2.75, 3.05) is 19.7 Å². The van der Waals surface area contributed by atoms with E-state index in [4.69, 9.17) is 9.47 Å². The zero-order chi connectivity index (χ0) is 24.4. The summed E-state index contributed by atoms with van der Waals surface area (Å²) in [5, 5.41) is -0.685. The number of nitrogens with zero attached hydrogens (tertiary/aromatic N) is 2. The van der Waals surface area contributed by atoms with E-state index in [0.717, 1.165) is 58.2 Å². The first-order valence-electron chi connectivity index (χ1n) is 13.2. The summed E-state index contributed by atoms with van der Waals surface area (Å²) >= 11 is 0. The van der Waals surface area contributed by atoms with Gasteiger partial charge in [0.05, 0.1) is 6.10 Å². The first-order chi connectivity index (χ1) is 15.3. The molecule has 3 aliphatic rings. The first-order valence-corrected chi connectivity index (χ1v) is 13.2. The molecule has 0 unspecified atom stereocenters. The van der Waals surface area contributed by atoms with E-state index in [1.54, 1.807) is 0 Å². The van der Waals surface area contributed by atoms with Crippen molar-refractivity contribution in [1.29, 1.82) is 0 Å². The topological polar surface area (TPSA) is 59.1 Å². The highest BCUT2D eigenvalue weighted by atomic mass is 16.6. The van der Waals surface area contributed by atoms with Gasteiger partial charge in [-0.3, -0.25) is 4.79 Å². The fourth-order valence-electron chi connectivity index (χ4n) is 6.31. The largest absolute Gasteiger partial charge is 0.444 e. The minimum absolute atomic E-state index is 0.121. The van der Waals surface area contributed by atoms with Crippen LogP contribution in [-0.2, 0) is 14.3 Å². The van der Waals surface area contributed by atoms with E-state index in [1.807, 2.05) is 25.7 Å². The van der Waals surface area contributed by atoms with E-state index >= 15 is 0 Å². The summed E-state index contributed by atoms with van der Waals surface area (Å²) in [5.41, 5.74) is -0.510. The fourth-order valence-corrected chi connectivity index (χ4v) is 6.31. The molecular formula is C23H44B4N2O4. The molecule has 10 heteroatoms. The maximum atomic E-state index is 13.0. The lowest BCUT2D eigenvalue weighted by Gasteiger charge is -2.55. The summed E-state index contributed by atoms with van der Waals surface area (Å²) in [6, 6.07) is 0. The van der Waals surface area contributed by atoms with Crippen molar-refractivity contribution in [3.63, 3.8) is 0 Å². The Bertz CT molecular complexity index is 681. The second kappa shape index (κ2) is 10.3. The summed E-state index contributed by atoms with van der Waals surface area (Å²) in [6.45, 7) is 8.22. The molecule has 2 aliphatic heterocycles. The molecule has 182 valence electrons. The van der Waals surface area contributed by atoms with Gasteiger partial charge in [-0.1, -0.05) is 19.3 Å². The number of carbonyl (C=O) groups excluding carboxylic acids is 2. The third-order valence-electron chi connectivity index (χ3n) is 7.69. The number of rotatable bonds is 4. The lowest BCUT2D eigenvalue weighted by molar-refractivity contribution is -0.138. The van der Waals surface area contributed by atoms with Gasteiger partial charge in [-0.15, -0.1) is 0 Å². The minimum atomic E-state index is -0.510. The van der Waals surface area contributed by atoms with Crippen LogP contribution in [0.2, 0.25) is 0 Å². The molecule has 0 atom stereocenters. The van der Waals surface area contributed by atoms with Crippen LogP contribution in [0.1, 0.15) is 78.6 Å². The molecule has 0 radical (unpaired) electrons. The molecule has 2 saturated heterocycles. The number of likely N-dealkylation sites (tertiary alicyclic amines) is 2. The molecular weight excluding hydrogens is 412 g/mol. The number of carbonyl (C=O) groups is 2. The van der Waals surface area contributed by atoms with E-state index in [0.29, 0.717) is 11.8 Å². The highest BCUT2D eigenvalue weighted by Gasteiger charge is 2.49. The quantitative estimate of drug-likeness (QED) is 0.563. The molecule has 1 saturated carbocycles. The van der Waals surface area contributed by atoms with Crippen LogP contribution in [0.25, 0.3) is 0 Å². The van der Waals surface area contributed by atoms with Crippen molar-refractivity contribution < 1.29 is 19.1 Å². The van der Waals surface area contributed by atoms with Gasteiger partial charge < -0.3 is 19.3 Å². The molecule has 6 nitrogen and oxygen atoms in total. The van der Waals surface area contributed by atoms with Crippen molar-refractivity contribution in [2.24, 2.45) is 11.8 Å². The van der Waals surface area contributed by atoms with Gasteiger partial charge in [0.15, 0.2) is 0 Å². The van der Waals surface area contributed by atoms with Crippen molar-refractivity contribution in [1.82, 2.24) is 9.80 Å². The summed E-state index contributed by atoms with van der Waals surface area (Å²) in [7, 11) is 8.46. The molecule has 33 heavy (non-hydrogen) atoms. The van der Waals surface area contributed by atoms with Gasteiger partial charge in [-0.25, -0.2) is 4.79 Å². The third kappa shape index (κ3) is 6.99. The highest BCUT2D eigenvalue weighted by Crippen LogP contribution is 2.36. The standard InChI is InChI=1S/C23H44B4N2O4/c1-21(2,3)33-20(31)29-22(24,25)13-18(14-23(29,26)27)32-15-16-9-11-28(12-10-16)19(30)17-7-5-4-6-8-17/h16-18H,4-15,24-27H2,1-3H3. The Labute approximate surface area is 204 Å². The van der Waals surface area contributed by atoms with Gasteiger partial charge in [0, 0.05) is 25.6 Å². The van der Waals surface area contributed by atoms with Crippen LogP contribution in [0.5, 0.6) is 0 Å². The highest BCUT2D eigenvalue weighted by molar-refractivity contribution is 6.45. The molecule has 0 aromatic carbocycles. The van der Waals surface area contributed by atoms with Gasteiger partial charge in [0.25, 0.3) is 0 Å². The van der Waals surface area contributed by atoms with Crippen LogP contribution in [0.4, 0.5) is 4.79 Å². The number of hydrogen-bond acceptors (Lipinski definition) is 4. The Morgan fingerprint density at radius 3 is 1.97 bits per heavy atom. The van der Waals surface area contributed by atoms with Gasteiger partial charge in [0.2, 0.25) is 5.91 Å². The minimum Gasteiger partial charge on any atom is -0.444 e. The zero-order valence-corrected chi connectivity index (χ0v) is 22.2. The SMILES string of the molecule is BC1(B)CC(OCC2CCN(C(=O)C3CCCCC3)CC2)CC(B)(B)N1C(=O)OC(C)(C)C. The summed E-state index contributed by atoms with van der Waals surface area (Å²) in [4.78, 5) is 29.8. The van der Waals surface area contributed by atoms with E-state index in [2.05, 4.69) is 36.3 Å². The Balaban J connectivity index is 1.49. The number of hydrogen-bond donors (Lipinski definition) is 0. The normalized spacial score (nSPS) is 25.1. The van der Waals surface area contributed by atoms with Crippen molar-refractivity contribution in [3.05, 3.63) is 0 Å². The summed E-state index contributed by atoms with van der Waals surface area (Å²) < 4.78 is 12.2. The second-order valence-electron chi connectivity index (χ2n) is 12.9. The van der Waals surface area contributed by atoms with Crippen LogP contribution in [0, 0.1) is 11.8 Å². The van der Waals surface area contributed by atoms with Gasteiger partial charge in [0.1, 0.15) is 37.0 Å². The summed E-state index contributed by atoms with van der Waals surface area (Å²) in [6.07, 6.45) is 9.40. The second-order valence-corrected chi connectivity index (χ2v) is 12.9. The smallest absolute Gasteiger partial charge is 0.408 e. The third-order valence-corrected chi connectivity index (χ3v) is 7.69. The van der Waals surface area contributed by atoms with Gasteiger partial charge in [-0.2, -0.15) is 0 Å². The molecule has 2 heterocycles. The number of piperidine rings is 2. The Morgan fingerprint density at radius 1 is 0.909 bits per heavy atom. The Kier molecular flexibility index (Phi) is 8.29. The first kappa shape index (κ1) is 26.6. The lowest BCUT2D eigenvalue weighted by atomic mass is 9.46.